The Kier molecular flexibility index (Phi) is 4.98. The van der Waals surface area contributed by atoms with Gasteiger partial charge in [-0.2, -0.15) is 0 Å². The van der Waals surface area contributed by atoms with Gasteiger partial charge in [-0.25, -0.2) is 9.69 Å². The third-order valence-electron chi connectivity index (χ3n) is 5.44. The topological polar surface area (TPSA) is 105 Å². The maximum Gasteiger partial charge on any atom is 0.325 e. The molecule has 1 aliphatic heterocycles. The van der Waals surface area contributed by atoms with Crippen molar-refractivity contribution in [3.8, 4) is 0 Å². The molecule has 0 bridgehead atoms. The first-order chi connectivity index (χ1) is 10.8. The van der Waals surface area contributed by atoms with E-state index in [1.807, 2.05) is 13.8 Å². The zero-order valence-electron chi connectivity index (χ0n) is 14.3. The molecule has 0 aromatic heterocycles. The lowest BCUT2D eigenvalue weighted by Gasteiger charge is -2.29. The number of carbonyl (C=O) groups is 3. The number of imide groups is 1. The van der Waals surface area contributed by atoms with E-state index < -0.39 is 23.2 Å². The summed E-state index contributed by atoms with van der Waals surface area (Å²) in [5.74, 6) is -0.618. The van der Waals surface area contributed by atoms with Crippen molar-refractivity contribution in [1.29, 1.82) is 0 Å². The predicted molar refractivity (Wildman–Crippen MR) is 86.5 cm³/mol. The van der Waals surface area contributed by atoms with Crippen LogP contribution in [0.4, 0.5) is 4.79 Å². The lowest BCUT2D eigenvalue weighted by atomic mass is 9.94. The number of nitrogens with zero attached hydrogens (tertiary/aromatic N) is 1. The van der Waals surface area contributed by atoms with Crippen LogP contribution in [0.1, 0.15) is 59.3 Å². The van der Waals surface area contributed by atoms with Crippen LogP contribution in [0.2, 0.25) is 0 Å². The fourth-order valence-electron chi connectivity index (χ4n) is 3.34. The van der Waals surface area contributed by atoms with E-state index in [4.69, 9.17) is 5.73 Å². The Morgan fingerprint density at radius 2 is 1.91 bits per heavy atom. The van der Waals surface area contributed by atoms with Crippen LogP contribution in [0.3, 0.4) is 0 Å². The van der Waals surface area contributed by atoms with Crippen molar-refractivity contribution in [2.24, 2.45) is 5.73 Å². The zero-order chi connectivity index (χ0) is 17.3. The molecule has 2 fully saturated rings. The second-order valence-corrected chi connectivity index (χ2v) is 6.86. The van der Waals surface area contributed by atoms with E-state index in [-0.39, 0.29) is 11.8 Å². The van der Waals surface area contributed by atoms with Crippen LogP contribution in [0.15, 0.2) is 0 Å². The van der Waals surface area contributed by atoms with Crippen molar-refractivity contribution in [2.45, 2.75) is 76.4 Å². The van der Waals surface area contributed by atoms with E-state index in [9.17, 15) is 14.4 Å². The molecule has 23 heavy (non-hydrogen) atoms. The highest BCUT2D eigenvalue weighted by atomic mass is 16.2. The molecule has 2 rings (SSSR count). The van der Waals surface area contributed by atoms with Crippen molar-refractivity contribution in [2.75, 3.05) is 6.54 Å². The molecule has 7 nitrogen and oxygen atoms in total. The van der Waals surface area contributed by atoms with Crippen LogP contribution in [-0.2, 0) is 9.59 Å². The van der Waals surface area contributed by atoms with E-state index in [1.54, 1.807) is 6.92 Å². The van der Waals surface area contributed by atoms with Gasteiger partial charge >= 0.3 is 6.03 Å². The third kappa shape index (κ3) is 3.20. The summed E-state index contributed by atoms with van der Waals surface area (Å²) in [7, 11) is 0. The minimum atomic E-state index is -0.833. The van der Waals surface area contributed by atoms with Gasteiger partial charge in [0.1, 0.15) is 11.6 Å². The molecule has 0 aromatic carbocycles. The Bertz CT molecular complexity index is 496. The van der Waals surface area contributed by atoms with Crippen molar-refractivity contribution in [3.05, 3.63) is 0 Å². The summed E-state index contributed by atoms with van der Waals surface area (Å²) in [6.45, 7) is 5.86. The lowest BCUT2D eigenvalue weighted by Crippen LogP contribution is -2.54. The van der Waals surface area contributed by atoms with Crippen LogP contribution in [0, 0.1) is 0 Å². The largest absolute Gasteiger partial charge is 0.352 e. The van der Waals surface area contributed by atoms with Gasteiger partial charge in [0.15, 0.2) is 0 Å². The van der Waals surface area contributed by atoms with Gasteiger partial charge in [-0.05, 0) is 32.6 Å². The molecule has 1 heterocycles. The van der Waals surface area contributed by atoms with Crippen molar-refractivity contribution < 1.29 is 14.4 Å². The number of hydrogen-bond donors (Lipinski definition) is 3. The van der Waals surface area contributed by atoms with E-state index in [0.29, 0.717) is 19.4 Å². The molecule has 1 saturated carbocycles. The Morgan fingerprint density at radius 3 is 2.43 bits per heavy atom. The van der Waals surface area contributed by atoms with E-state index in [2.05, 4.69) is 10.6 Å². The molecule has 4 N–H and O–H groups in total. The molecule has 1 spiro atoms. The normalized spacial score (nSPS) is 21.7. The van der Waals surface area contributed by atoms with Crippen LogP contribution >= 0.6 is 0 Å². The lowest BCUT2D eigenvalue weighted by molar-refractivity contribution is -0.137. The van der Waals surface area contributed by atoms with Crippen molar-refractivity contribution in [1.82, 2.24) is 15.5 Å². The van der Waals surface area contributed by atoms with Gasteiger partial charge in [0.25, 0.3) is 5.91 Å². The summed E-state index contributed by atoms with van der Waals surface area (Å²) in [4.78, 5) is 38.3. The van der Waals surface area contributed by atoms with Crippen LogP contribution < -0.4 is 16.4 Å². The molecule has 1 aliphatic carbocycles. The van der Waals surface area contributed by atoms with Crippen LogP contribution in [0.5, 0.6) is 0 Å². The Morgan fingerprint density at radius 1 is 1.35 bits per heavy atom. The number of hydrogen-bond acceptors (Lipinski definition) is 4. The average molecular weight is 324 g/mol. The molecule has 1 atom stereocenters. The van der Waals surface area contributed by atoms with Crippen molar-refractivity contribution in [3.63, 3.8) is 0 Å². The zero-order valence-corrected chi connectivity index (χ0v) is 14.3. The fourth-order valence-corrected chi connectivity index (χ4v) is 3.34. The number of carbonyl (C=O) groups excluding carboxylic acids is 3. The van der Waals surface area contributed by atoms with E-state index >= 15 is 0 Å². The number of urea groups is 1. The summed E-state index contributed by atoms with van der Waals surface area (Å²) < 4.78 is 0. The van der Waals surface area contributed by atoms with Gasteiger partial charge in [0, 0.05) is 12.1 Å². The molecule has 0 radical (unpaired) electrons. The van der Waals surface area contributed by atoms with Crippen molar-refractivity contribution >= 4 is 17.8 Å². The standard InChI is InChI=1S/C16H28N4O3/c1-4-15(17,5-2)10-18-12(21)11(3)20-13(22)16(19-14(20)23)8-6-7-9-16/h11H,4-10,17H2,1-3H3,(H,18,21)(H,19,23). The monoisotopic (exact) mass is 324 g/mol. The Hall–Kier alpha value is -1.63. The number of nitrogens with one attached hydrogen (secondary N) is 2. The smallest absolute Gasteiger partial charge is 0.325 e. The molecule has 4 amide bonds. The summed E-state index contributed by atoms with van der Waals surface area (Å²) in [6, 6.07) is -1.30. The van der Waals surface area contributed by atoms with Gasteiger partial charge in [0.2, 0.25) is 5.91 Å². The minimum Gasteiger partial charge on any atom is -0.352 e. The third-order valence-corrected chi connectivity index (χ3v) is 5.44. The van der Waals surface area contributed by atoms with Gasteiger partial charge in [-0.1, -0.05) is 26.7 Å². The predicted octanol–water partition coefficient (Wildman–Crippen LogP) is 0.873. The second-order valence-electron chi connectivity index (χ2n) is 6.86. The number of amides is 4. The fraction of sp³-hybridized carbons (Fsp3) is 0.812. The summed E-state index contributed by atoms with van der Waals surface area (Å²) >= 11 is 0. The second kappa shape index (κ2) is 6.47. The quantitative estimate of drug-likeness (QED) is 0.631. The SMILES string of the molecule is CCC(N)(CC)CNC(=O)C(C)N1C(=O)NC2(CCCC2)C1=O. The molecule has 1 saturated heterocycles. The summed E-state index contributed by atoms with van der Waals surface area (Å²) in [5, 5.41) is 5.58. The van der Waals surface area contributed by atoms with E-state index in [1.165, 1.54) is 0 Å². The van der Waals surface area contributed by atoms with E-state index in [0.717, 1.165) is 30.6 Å². The Labute approximate surface area is 137 Å². The van der Waals surface area contributed by atoms with Gasteiger partial charge in [-0.3, -0.25) is 9.59 Å². The first-order valence-electron chi connectivity index (χ1n) is 8.51. The van der Waals surface area contributed by atoms with Gasteiger partial charge in [0.05, 0.1) is 0 Å². The molecule has 0 aromatic rings. The molecule has 130 valence electrons. The molecular formula is C16H28N4O3. The first-order valence-corrected chi connectivity index (χ1v) is 8.51. The first kappa shape index (κ1) is 17.7. The maximum atomic E-state index is 12.6. The summed E-state index contributed by atoms with van der Waals surface area (Å²) in [5.41, 5.74) is 4.93. The van der Waals surface area contributed by atoms with Gasteiger partial charge in [-0.15, -0.1) is 0 Å². The average Bonchev–Trinajstić information content (AvgIpc) is 3.10. The summed E-state index contributed by atoms with van der Waals surface area (Å²) in [6.07, 6.45) is 4.63. The maximum absolute atomic E-state index is 12.6. The van der Waals surface area contributed by atoms with Crippen LogP contribution in [-0.4, -0.2) is 46.4 Å². The molecular weight excluding hydrogens is 296 g/mol. The highest BCUT2D eigenvalue weighted by Crippen LogP contribution is 2.35. The number of rotatable bonds is 6. The molecule has 2 aliphatic rings. The van der Waals surface area contributed by atoms with Crippen LogP contribution in [0.25, 0.3) is 0 Å². The van der Waals surface area contributed by atoms with Gasteiger partial charge < -0.3 is 16.4 Å². The highest BCUT2D eigenvalue weighted by Gasteiger charge is 2.54. The minimum absolute atomic E-state index is 0.271. The Balaban J connectivity index is 2.02. The molecule has 1 unspecified atom stereocenters. The highest BCUT2D eigenvalue weighted by molar-refractivity contribution is 6.09. The molecule has 7 heteroatoms. The number of nitrogens with two attached hydrogens (primary N) is 1.